The Balaban J connectivity index is 1.71. The Kier molecular flexibility index (Phi) is 6.10. The molecule has 2 heterocycles. The van der Waals surface area contributed by atoms with E-state index < -0.39 is 0 Å². The molecule has 2 aromatic heterocycles. The van der Waals surface area contributed by atoms with E-state index in [1.807, 2.05) is 42.6 Å². The lowest BCUT2D eigenvalue weighted by Gasteiger charge is -2.08. The third-order valence-electron chi connectivity index (χ3n) is 3.57. The van der Waals surface area contributed by atoms with Crippen LogP contribution in [0.1, 0.15) is 17.4 Å². The molecule has 0 bridgehead atoms. The number of aromatic nitrogens is 1. The molecule has 7 heteroatoms. The van der Waals surface area contributed by atoms with E-state index >= 15 is 0 Å². The number of rotatable bonds is 7. The van der Waals surface area contributed by atoms with Crippen LogP contribution in [0.25, 0.3) is 10.9 Å². The second kappa shape index (κ2) is 8.70. The van der Waals surface area contributed by atoms with Gasteiger partial charge in [0.15, 0.2) is 0 Å². The van der Waals surface area contributed by atoms with Crippen LogP contribution in [0.4, 0.5) is 0 Å². The second-order valence-corrected chi connectivity index (χ2v) is 7.38. The Morgan fingerprint density at radius 2 is 2.27 bits per heavy atom. The van der Waals surface area contributed by atoms with Gasteiger partial charge in [0.25, 0.3) is 0 Å². The molecule has 0 atom stereocenters. The smallest absolute Gasteiger partial charge is 0.230 e. The first-order valence-corrected chi connectivity index (χ1v) is 9.95. The number of thiophene rings is 1. The van der Waals surface area contributed by atoms with Gasteiger partial charge in [-0.3, -0.25) is 4.79 Å². The van der Waals surface area contributed by atoms with E-state index in [4.69, 9.17) is 4.74 Å². The zero-order chi connectivity index (χ0) is 18.4. The topological polar surface area (TPSA) is 75.0 Å². The Bertz CT molecular complexity index is 949. The minimum atomic E-state index is -0.0859. The van der Waals surface area contributed by atoms with Crippen LogP contribution < -0.4 is 10.1 Å². The highest BCUT2D eigenvalue weighted by Gasteiger charge is 2.11. The van der Waals surface area contributed by atoms with E-state index in [-0.39, 0.29) is 11.7 Å². The predicted octanol–water partition coefficient (Wildman–Crippen LogP) is 3.98. The average molecular weight is 383 g/mol. The van der Waals surface area contributed by atoms with Crippen LogP contribution in [0.2, 0.25) is 0 Å². The molecule has 3 aromatic rings. The standard InChI is InChI=1S/C19H17N3O2S2/c1-2-24-15-6-5-13-8-14(10-20)19(22-17(13)9-15)26-12-18(23)21-11-16-4-3-7-25-16/h3-9H,2,11-12H2,1H3,(H,21,23). The number of nitrogens with one attached hydrogen (secondary N) is 1. The molecule has 0 spiro atoms. The highest BCUT2D eigenvalue weighted by Crippen LogP contribution is 2.27. The molecule has 0 aliphatic rings. The van der Waals surface area contributed by atoms with Crippen LogP contribution in [0.5, 0.6) is 5.75 Å². The van der Waals surface area contributed by atoms with Crippen molar-refractivity contribution in [3.8, 4) is 11.8 Å². The maximum atomic E-state index is 12.1. The van der Waals surface area contributed by atoms with E-state index in [0.29, 0.717) is 23.7 Å². The van der Waals surface area contributed by atoms with Gasteiger partial charge in [-0.1, -0.05) is 17.8 Å². The van der Waals surface area contributed by atoms with Crippen molar-refractivity contribution < 1.29 is 9.53 Å². The van der Waals surface area contributed by atoms with Crippen LogP contribution in [-0.2, 0) is 11.3 Å². The Hall–Kier alpha value is -2.56. The van der Waals surface area contributed by atoms with Crippen molar-refractivity contribution in [2.45, 2.75) is 18.5 Å². The van der Waals surface area contributed by atoms with Gasteiger partial charge in [0.1, 0.15) is 16.8 Å². The molecular weight excluding hydrogens is 366 g/mol. The molecule has 1 aromatic carbocycles. The van der Waals surface area contributed by atoms with E-state index in [9.17, 15) is 10.1 Å². The monoisotopic (exact) mass is 383 g/mol. The molecule has 0 radical (unpaired) electrons. The molecule has 0 saturated heterocycles. The van der Waals surface area contributed by atoms with Crippen LogP contribution >= 0.6 is 23.1 Å². The summed E-state index contributed by atoms with van der Waals surface area (Å²) in [7, 11) is 0. The van der Waals surface area contributed by atoms with Gasteiger partial charge in [-0.15, -0.1) is 11.3 Å². The molecule has 3 rings (SSSR count). The minimum Gasteiger partial charge on any atom is -0.494 e. The lowest BCUT2D eigenvalue weighted by molar-refractivity contribution is -0.118. The fourth-order valence-electron chi connectivity index (χ4n) is 2.36. The van der Waals surface area contributed by atoms with Gasteiger partial charge < -0.3 is 10.1 Å². The van der Waals surface area contributed by atoms with Crippen LogP contribution in [0, 0.1) is 11.3 Å². The van der Waals surface area contributed by atoms with Gasteiger partial charge in [-0.25, -0.2) is 4.98 Å². The summed E-state index contributed by atoms with van der Waals surface area (Å²) in [6, 6.07) is 13.5. The quantitative estimate of drug-likeness (QED) is 0.625. The van der Waals surface area contributed by atoms with Gasteiger partial charge in [-0.05, 0) is 36.6 Å². The summed E-state index contributed by atoms with van der Waals surface area (Å²) in [4.78, 5) is 17.7. The molecule has 132 valence electrons. The van der Waals surface area contributed by atoms with Crippen molar-refractivity contribution in [1.82, 2.24) is 10.3 Å². The average Bonchev–Trinajstić information content (AvgIpc) is 3.17. The predicted molar refractivity (Wildman–Crippen MR) is 105 cm³/mol. The number of hydrogen-bond acceptors (Lipinski definition) is 6. The number of carbonyl (C=O) groups is 1. The summed E-state index contributed by atoms with van der Waals surface area (Å²) in [5.74, 6) is 0.864. The number of pyridine rings is 1. The SMILES string of the molecule is CCOc1ccc2cc(C#N)c(SCC(=O)NCc3cccs3)nc2c1. The van der Waals surface area contributed by atoms with Crippen molar-refractivity contribution in [1.29, 1.82) is 5.26 Å². The molecule has 5 nitrogen and oxygen atoms in total. The first kappa shape index (κ1) is 18.2. The van der Waals surface area contributed by atoms with Crippen LogP contribution in [0.3, 0.4) is 0 Å². The first-order valence-electron chi connectivity index (χ1n) is 8.09. The number of nitriles is 1. The first-order chi connectivity index (χ1) is 12.7. The van der Waals surface area contributed by atoms with E-state index in [1.54, 1.807) is 17.4 Å². The largest absolute Gasteiger partial charge is 0.494 e. The molecular formula is C19H17N3O2S2. The number of nitrogens with zero attached hydrogens (tertiary/aromatic N) is 2. The summed E-state index contributed by atoms with van der Waals surface area (Å²) in [5, 5.41) is 15.7. The number of ether oxygens (including phenoxy) is 1. The summed E-state index contributed by atoms with van der Waals surface area (Å²) in [5.41, 5.74) is 1.22. The van der Waals surface area contributed by atoms with Crippen molar-refractivity contribution in [2.24, 2.45) is 0 Å². The fraction of sp³-hybridized carbons (Fsp3) is 0.211. The number of amides is 1. The maximum absolute atomic E-state index is 12.1. The lowest BCUT2D eigenvalue weighted by Crippen LogP contribution is -2.24. The zero-order valence-electron chi connectivity index (χ0n) is 14.2. The molecule has 0 fully saturated rings. The second-order valence-electron chi connectivity index (χ2n) is 5.39. The molecule has 1 N–H and O–H groups in total. The molecule has 26 heavy (non-hydrogen) atoms. The van der Waals surface area contributed by atoms with E-state index in [1.165, 1.54) is 11.8 Å². The Morgan fingerprint density at radius 3 is 3.00 bits per heavy atom. The van der Waals surface area contributed by atoms with Crippen molar-refractivity contribution in [2.75, 3.05) is 12.4 Å². The molecule has 0 aliphatic heterocycles. The number of carbonyl (C=O) groups excluding carboxylic acids is 1. The van der Waals surface area contributed by atoms with Crippen LogP contribution in [0.15, 0.2) is 46.8 Å². The summed E-state index contributed by atoms with van der Waals surface area (Å²) < 4.78 is 5.50. The van der Waals surface area contributed by atoms with Gasteiger partial charge in [-0.2, -0.15) is 5.26 Å². The normalized spacial score (nSPS) is 10.5. The summed E-state index contributed by atoms with van der Waals surface area (Å²) in [6.07, 6.45) is 0. The van der Waals surface area contributed by atoms with Gasteiger partial charge in [0.2, 0.25) is 5.91 Å². The van der Waals surface area contributed by atoms with Crippen molar-refractivity contribution >= 4 is 39.9 Å². The van der Waals surface area contributed by atoms with E-state index in [2.05, 4.69) is 16.4 Å². The highest BCUT2D eigenvalue weighted by atomic mass is 32.2. The highest BCUT2D eigenvalue weighted by molar-refractivity contribution is 8.00. The van der Waals surface area contributed by atoms with E-state index in [0.717, 1.165) is 21.5 Å². The number of hydrogen-bond donors (Lipinski definition) is 1. The molecule has 1 amide bonds. The molecule has 0 unspecified atom stereocenters. The number of fused-ring (bicyclic) bond motifs is 1. The minimum absolute atomic E-state index is 0.0859. The van der Waals surface area contributed by atoms with Gasteiger partial charge in [0.05, 0.1) is 30.0 Å². The fourth-order valence-corrected chi connectivity index (χ4v) is 3.80. The summed E-state index contributed by atoms with van der Waals surface area (Å²) >= 11 is 2.87. The van der Waals surface area contributed by atoms with Crippen molar-refractivity contribution in [3.05, 3.63) is 52.2 Å². The molecule has 0 aliphatic carbocycles. The Morgan fingerprint density at radius 1 is 1.38 bits per heavy atom. The van der Waals surface area contributed by atoms with Crippen molar-refractivity contribution in [3.63, 3.8) is 0 Å². The lowest BCUT2D eigenvalue weighted by atomic mass is 10.1. The molecule has 0 saturated carbocycles. The van der Waals surface area contributed by atoms with Crippen LogP contribution in [-0.4, -0.2) is 23.3 Å². The maximum Gasteiger partial charge on any atom is 0.230 e. The van der Waals surface area contributed by atoms with Gasteiger partial charge >= 0.3 is 0 Å². The van der Waals surface area contributed by atoms with Gasteiger partial charge in [0, 0.05) is 16.3 Å². The third kappa shape index (κ3) is 4.54. The third-order valence-corrected chi connectivity index (χ3v) is 5.43. The zero-order valence-corrected chi connectivity index (χ0v) is 15.8. The Labute approximate surface area is 160 Å². The summed E-state index contributed by atoms with van der Waals surface area (Å²) in [6.45, 7) is 3.02. The number of benzene rings is 1. The number of thioether (sulfide) groups is 1.